The fraction of sp³-hybridized carbons (Fsp3) is 0. The number of pyridine rings is 1. The van der Waals surface area contributed by atoms with Crippen LogP contribution in [0.15, 0.2) is 89.1 Å². The van der Waals surface area contributed by atoms with Crippen LogP contribution in [0.5, 0.6) is 0 Å². The third kappa shape index (κ3) is 4.57. The van der Waals surface area contributed by atoms with E-state index in [0.29, 0.717) is 11.5 Å². The van der Waals surface area contributed by atoms with Gasteiger partial charge < -0.3 is 0 Å². The Kier molecular flexibility index (Phi) is 5.41. The topological polar surface area (TPSA) is 92.8 Å². The van der Waals surface area contributed by atoms with Gasteiger partial charge in [0.1, 0.15) is 5.69 Å². The maximum atomic E-state index is 10.7. The molecule has 0 aliphatic heterocycles. The van der Waals surface area contributed by atoms with Crippen molar-refractivity contribution in [1.82, 2.24) is 10.4 Å². The van der Waals surface area contributed by atoms with Gasteiger partial charge in [-0.2, -0.15) is 5.10 Å². The Morgan fingerprint density at radius 1 is 1.00 bits per heavy atom. The molecule has 2 aromatic carbocycles. The van der Waals surface area contributed by atoms with Crippen molar-refractivity contribution in [1.29, 1.82) is 0 Å². The molecule has 0 radical (unpaired) electrons. The van der Waals surface area contributed by atoms with Gasteiger partial charge in [-0.1, -0.05) is 24.3 Å². The summed E-state index contributed by atoms with van der Waals surface area (Å²) in [5.74, 6) is 0.495. The van der Waals surface area contributed by atoms with E-state index in [-0.39, 0.29) is 5.69 Å². The highest BCUT2D eigenvalue weighted by Crippen LogP contribution is 2.12. The number of amidine groups is 1. The lowest BCUT2D eigenvalue weighted by Gasteiger charge is -2.05. The maximum Gasteiger partial charge on any atom is 0.269 e. The first kappa shape index (κ1) is 17.0. The lowest BCUT2D eigenvalue weighted by Crippen LogP contribution is -2.20. The highest BCUT2D eigenvalue weighted by atomic mass is 16.6. The molecule has 0 aliphatic rings. The van der Waals surface area contributed by atoms with Gasteiger partial charge in [-0.05, 0) is 42.0 Å². The molecule has 1 aromatic heterocycles. The number of rotatable bonds is 5. The third-order valence-corrected chi connectivity index (χ3v) is 3.39. The van der Waals surface area contributed by atoms with Crippen molar-refractivity contribution >= 4 is 23.4 Å². The van der Waals surface area contributed by atoms with Crippen LogP contribution < -0.4 is 5.43 Å². The second-order valence-electron chi connectivity index (χ2n) is 5.23. The van der Waals surface area contributed by atoms with Crippen LogP contribution in [0.4, 0.5) is 11.4 Å². The summed E-state index contributed by atoms with van der Waals surface area (Å²) < 4.78 is 0. The van der Waals surface area contributed by atoms with Crippen LogP contribution in [0.3, 0.4) is 0 Å². The second-order valence-corrected chi connectivity index (χ2v) is 5.23. The van der Waals surface area contributed by atoms with Gasteiger partial charge >= 0.3 is 0 Å². The Labute approximate surface area is 149 Å². The van der Waals surface area contributed by atoms with E-state index >= 15 is 0 Å². The zero-order valence-corrected chi connectivity index (χ0v) is 13.7. The lowest BCUT2D eigenvalue weighted by atomic mass is 10.2. The van der Waals surface area contributed by atoms with Crippen molar-refractivity contribution in [3.8, 4) is 0 Å². The van der Waals surface area contributed by atoms with Crippen LogP contribution in [-0.2, 0) is 0 Å². The van der Waals surface area contributed by atoms with Crippen molar-refractivity contribution in [2.45, 2.75) is 0 Å². The van der Waals surface area contributed by atoms with E-state index in [0.717, 1.165) is 11.3 Å². The first-order valence-electron chi connectivity index (χ1n) is 7.81. The van der Waals surface area contributed by atoms with E-state index in [9.17, 15) is 10.1 Å². The standard InChI is InChI=1S/C19H15N5O2/c25-24(26)17-11-9-15(10-12-17)14-21-23-19(18-8-4-5-13-20-18)22-16-6-2-1-3-7-16/h1-14H,(H,22,23)/b21-14+. The Hall–Kier alpha value is -3.87. The van der Waals surface area contributed by atoms with E-state index in [4.69, 9.17) is 0 Å². The molecule has 0 spiro atoms. The molecule has 0 saturated heterocycles. The highest BCUT2D eigenvalue weighted by molar-refractivity contribution is 5.99. The van der Waals surface area contributed by atoms with E-state index < -0.39 is 4.92 Å². The fourth-order valence-corrected chi connectivity index (χ4v) is 2.12. The van der Waals surface area contributed by atoms with Gasteiger partial charge in [-0.3, -0.25) is 20.5 Å². The number of hydrogen-bond donors (Lipinski definition) is 1. The fourth-order valence-electron chi connectivity index (χ4n) is 2.12. The van der Waals surface area contributed by atoms with Crippen molar-refractivity contribution < 1.29 is 4.92 Å². The molecule has 7 heteroatoms. The van der Waals surface area contributed by atoms with Crippen LogP contribution in [0.1, 0.15) is 11.3 Å². The molecule has 0 saturated carbocycles. The first-order chi connectivity index (χ1) is 12.7. The number of nitrogens with one attached hydrogen (secondary N) is 1. The Bertz CT molecular complexity index is 923. The monoisotopic (exact) mass is 345 g/mol. The molecule has 128 valence electrons. The zero-order valence-electron chi connectivity index (χ0n) is 13.7. The molecule has 0 atom stereocenters. The summed E-state index contributed by atoms with van der Waals surface area (Å²) in [7, 11) is 0. The van der Waals surface area contributed by atoms with Crippen molar-refractivity contribution in [3.05, 3.63) is 100 Å². The molecule has 0 unspecified atom stereocenters. The van der Waals surface area contributed by atoms with Gasteiger partial charge in [0, 0.05) is 18.3 Å². The number of benzene rings is 2. The quantitative estimate of drug-likeness (QED) is 0.330. The molecule has 0 aliphatic carbocycles. The normalized spacial score (nSPS) is 11.5. The average molecular weight is 345 g/mol. The third-order valence-electron chi connectivity index (χ3n) is 3.39. The molecule has 0 bridgehead atoms. The minimum atomic E-state index is -0.440. The van der Waals surface area contributed by atoms with Gasteiger partial charge in [0.05, 0.1) is 16.8 Å². The zero-order chi connectivity index (χ0) is 18.2. The number of aromatic nitrogens is 1. The molecule has 1 N–H and O–H groups in total. The van der Waals surface area contributed by atoms with Crippen molar-refractivity contribution in [2.24, 2.45) is 10.1 Å². The maximum absolute atomic E-state index is 10.7. The van der Waals surface area contributed by atoms with Crippen LogP contribution in [0, 0.1) is 10.1 Å². The van der Waals surface area contributed by atoms with Gasteiger partial charge in [-0.15, -0.1) is 0 Å². The number of aliphatic imine (C=N–C) groups is 1. The molecular weight excluding hydrogens is 330 g/mol. The Morgan fingerprint density at radius 2 is 1.73 bits per heavy atom. The van der Waals surface area contributed by atoms with E-state index in [1.165, 1.54) is 12.1 Å². The number of para-hydroxylation sites is 1. The molecule has 3 rings (SSSR count). The van der Waals surface area contributed by atoms with Crippen LogP contribution in [0.25, 0.3) is 0 Å². The van der Waals surface area contributed by atoms with Crippen molar-refractivity contribution in [3.63, 3.8) is 0 Å². The number of non-ortho nitro benzene ring substituents is 1. The number of nitrogens with zero attached hydrogens (tertiary/aromatic N) is 4. The molecule has 3 aromatic rings. The largest absolute Gasteiger partial charge is 0.269 e. The summed E-state index contributed by atoms with van der Waals surface area (Å²) in [6.45, 7) is 0. The summed E-state index contributed by atoms with van der Waals surface area (Å²) in [6.07, 6.45) is 3.24. The van der Waals surface area contributed by atoms with Gasteiger partial charge in [-0.25, -0.2) is 4.99 Å². The Balaban J connectivity index is 1.80. The molecule has 0 amide bonds. The predicted octanol–water partition coefficient (Wildman–Crippen LogP) is 3.69. The average Bonchev–Trinajstić information content (AvgIpc) is 2.69. The lowest BCUT2D eigenvalue weighted by molar-refractivity contribution is -0.384. The van der Waals surface area contributed by atoms with E-state index in [1.807, 2.05) is 48.5 Å². The smallest absolute Gasteiger partial charge is 0.260 e. The first-order valence-corrected chi connectivity index (χ1v) is 7.81. The second kappa shape index (κ2) is 8.29. The van der Waals surface area contributed by atoms with Crippen LogP contribution in [-0.4, -0.2) is 22.0 Å². The SMILES string of the molecule is O=[N+]([O-])c1ccc(/C=N/NC(=Nc2ccccc2)c2ccccn2)cc1. The molecular formula is C19H15N5O2. The highest BCUT2D eigenvalue weighted by Gasteiger charge is 2.05. The Morgan fingerprint density at radius 3 is 2.38 bits per heavy atom. The summed E-state index contributed by atoms with van der Waals surface area (Å²) in [5.41, 5.74) is 5.08. The van der Waals surface area contributed by atoms with Gasteiger partial charge in [0.2, 0.25) is 0 Å². The molecule has 0 fully saturated rings. The van der Waals surface area contributed by atoms with Gasteiger partial charge in [0.15, 0.2) is 5.84 Å². The summed E-state index contributed by atoms with van der Waals surface area (Å²) >= 11 is 0. The van der Waals surface area contributed by atoms with E-state index in [1.54, 1.807) is 24.5 Å². The number of nitro benzene ring substituents is 1. The summed E-state index contributed by atoms with van der Waals surface area (Å²) in [4.78, 5) is 19.1. The number of nitro groups is 1. The predicted molar refractivity (Wildman–Crippen MR) is 101 cm³/mol. The van der Waals surface area contributed by atoms with Gasteiger partial charge in [0.25, 0.3) is 5.69 Å². The van der Waals surface area contributed by atoms with Crippen LogP contribution >= 0.6 is 0 Å². The van der Waals surface area contributed by atoms with Crippen LogP contribution in [0.2, 0.25) is 0 Å². The number of hydrazone groups is 1. The molecule has 7 nitrogen and oxygen atoms in total. The van der Waals surface area contributed by atoms with E-state index in [2.05, 4.69) is 20.5 Å². The number of hydrogen-bond acceptors (Lipinski definition) is 5. The summed E-state index contributed by atoms with van der Waals surface area (Å²) in [6, 6.07) is 21.1. The molecule has 1 heterocycles. The summed E-state index contributed by atoms with van der Waals surface area (Å²) in [5, 5.41) is 14.9. The molecule has 26 heavy (non-hydrogen) atoms. The minimum Gasteiger partial charge on any atom is -0.260 e. The minimum absolute atomic E-state index is 0.0370. The van der Waals surface area contributed by atoms with Crippen molar-refractivity contribution in [2.75, 3.05) is 0 Å².